The van der Waals surface area contributed by atoms with Crippen LogP contribution < -0.4 is 0 Å². The molecular weight excluding hydrogens is 256 g/mol. The molecule has 0 aliphatic heterocycles. The number of aliphatic hydroxyl groups excluding tert-OH is 1. The van der Waals surface area contributed by atoms with Crippen molar-refractivity contribution in [1.29, 1.82) is 0 Å². The van der Waals surface area contributed by atoms with E-state index in [4.69, 9.17) is 0 Å². The van der Waals surface area contributed by atoms with Crippen molar-refractivity contribution in [2.75, 3.05) is 0 Å². The largest absolute Gasteiger partial charge is 0.393 e. The van der Waals surface area contributed by atoms with E-state index < -0.39 is 0 Å². The summed E-state index contributed by atoms with van der Waals surface area (Å²) in [6.45, 7) is 2.30. The quantitative estimate of drug-likeness (QED) is 0.866. The molecule has 2 bridgehead atoms. The van der Waals surface area contributed by atoms with Gasteiger partial charge in [0.25, 0.3) is 0 Å². The summed E-state index contributed by atoms with van der Waals surface area (Å²) in [4.78, 5) is 0. The maximum Gasteiger partial charge on any atom is 0.0571 e. The third kappa shape index (κ3) is 1.94. The zero-order valence-electron chi connectivity index (χ0n) is 12.8. The van der Waals surface area contributed by atoms with E-state index in [1.54, 1.807) is 0 Å². The van der Waals surface area contributed by atoms with E-state index in [-0.39, 0.29) is 6.10 Å². The molecule has 2 aromatic rings. The highest BCUT2D eigenvalue weighted by molar-refractivity contribution is 5.83. The first-order valence-electron chi connectivity index (χ1n) is 8.40. The van der Waals surface area contributed by atoms with Crippen LogP contribution in [0.1, 0.15) is 44.6 Å². The van der Waals surface area contributed by atoms with Crippen LogP contribution in [0.5, 0.6) is 0 Å². The van der Waals surface area contributed by atoms with Crippen molar-refractivity contribution < 1.29 is 5.11 Å². The molecule has 0 amide bonds. The summed E-state index contributed by atoms with van der Waals surface area (Å²) in [5.41, 5.74) is 1.84. The van der Waals surface area contributed by atoms with E-state index in [1.165, 1.54) is 42.0 Å². The minimum Gasteiger partial charge on any atom is -0.393 e. The van der Waals surface area contributed by atoms with E-state index in [1.807, 2.05) is 0 Å². The number of hydrogen-bond acceptors (Lipinski definition) is 1. The molecule has 2 aliphatic rings. The number of hydrogen-bond donors (Lipinski definition) is 1. The zero-order chi connectivity index (χ0) is 14.4. The molecule has 1 heteroatoms. The second-order valence-corrected chi connectivity index (χ2v) is 7.17. The fourth-order valence-electron chi connectivity index (χ4n) is 5.16. The van der Waals surface area contributed by atoms with Crippen LogP contribution in [0, 0.1) is 11.8 Å². The molecular formula is C20H24O. The number of rotatable bonds is 3. The number of fused-ring (bicyclic) bond motifs is 3. The predicted octanol–water partition coefficient (Wildman–Crippen LogP) is 4.67. The first-order valence-corrected chi connectivity index (χ1v) is 8.40. The van der Waals surface area contributed by atoms with Crippen molar-refractivity contribution in [3.8, 4) is 0 Å². The lowest BCUT2D eigenvalue weighted by molar-refractivity contribution is 0.0798. The summed E-state index contributed by atoms with van der Waals surface area (Å²) < 4.78 is 0. The summed E-state index contributed by atoms with van der Waals surface area (Å²) >= 11 is 0. The average Bonchev–Trinajstić information content (AvgIpc) is 3.04. The maximum absolute atomic E-state index is 10.1. The molecule has 2 fully saturated rings. The molecule has 0 spiro atoms. The van der Waals surface area contributed by atoms with Crippen molar-refractivity contribution in [3.63, 3.8) is 0 Å². The van der Waals surface area contributed by atoms with Gasteiger partial charge < -0.3 is 5.11 Å². The second-order valence-electron chi connectivity index (χ2n) is 7.17. The third-order valence-electron chi connectivity index (χ3n) is 6.09. The first-order chi connectivity index (χ1) is 10.2. The molecule has 4 atom stereocenters. The molecule has 2 aromatic carbocycles. The Morgan fingerprint density at radius 1 is 1.10 bits per heavy atom. The lowest BCUT2D eigenvalue weighted by Gasteiger charge is -2.40. The zero-order valence-corrected chi connectivity index (χ0v) is 12.8. The van der Waals surface area contributed by atoms with Crippen molar-refractivity contribution in [2.45, 2.75) is 50.5 Å². The van der Waals surface area contributed by atoms with Gasteiger partial charge in [-0.15, -0.1) is 0 Å². The number of benzene rings is 2. The van der Waals surface area contributed by atoms with Crippen molar-refractivity contribution in [2.24, 2.45) is 11.8 Å². The van der Waals surface area contributed by atoms with E-state index in [0.29, 0.717) is 17.3 Å². The second kappa shape index (κ2) is 4.84. The fraction of sp³-hybridized carbons (Fsp3) is 0.500. The van der Waals surface area contributed by atoms with Crippen LogP contribution in [0.15, 0.2) is 42.5 Å². The van der Waals surface area contributed by atoms with Gasteiger partial charge >= 0.3 is 0 Å². The van der Waals surface area contributed by atoms with Crippen LogP contribution in [-0.4, -0.2) is 11.2 Å². The Labute approximate surface area is 127 Å². The maximum atomic E-state index is 10.1. The highest BCUT2D eigenvalue weighted by Crippen LogP contribution is 2.59. The predicted molar refractivity (Wildman–Crippen MR) is 87.4 cm³/mol. The molecule has 0 aromatic heterocycles. The van der Waals surface area contributed by atoms with E-state index in [9.17, 15) is 5.11 Å². The summed E-state index contributed by atoms with van der Waals surface area (Å²) in [5, 5.41) is 12.8. The molecule has 0 heterocycles. The summed E-state index contributed by atoms with van der Waals surface area (Å²) in [7, 11) is 0. The van der Waals surface area contributed by atoms with Crippen LogP contribution in [0.3, 0.4) is 0 Å². The Morgan fingerprint density at radius 2 is 1.90 bits per heavy atom. The highest BCUT2D eigenvalue weighted by Gasteiger charge is 2.54. The minimum absolute atomic E-state index is 0.0413. The molecule has 2 aliphatic carbocycles. The van der Waals surface area contributed by atoms with E-state index in [2.05, 4.69) is 49.4 Å². The van der Waals surface area contributed by atoms with Crippen LogP contribution in [-0.2, 0) is 5.41 Å². The first kappa shape index (κ1) is 13.3. The third-order valence-corrected chi connectivity index (χ3v) is 6.09. The van der Waals surface area contributed by atoms with Gasteiger partial charge in [0.15, 0.2) is 0 Å². The summed E-state index contributed by atoms with van der Waals surface area (Å²) in [5.74, 6) is 1.21. The Kier molecular flexibility index (Phi) is 3.08. The summed E-state index contributed by atoms with van der Waals surface area (Å²) in [6, 6.07) is 15.7. The van der Waals surface area contributed by atoms with Gasteiger partial charge in [-0.2, -0.15) is 0 Å². The topological polar surface area (TPSA) is 20.2 Å². The van der Waals surface area contributed by atoms with Gasteiger partial charge in [-0.3, -0.25) is 0 Å². The molecule has 1 N–H and O–H groups in total. The van der Waals surface area contributed by atoms with Gasteiger partial charge in [0, 0.05) is 0 Å². The van der Waals surface area contributed by atoms with Crippen molar-refractivity contribution >= 4 is 10.8 Å². The molecule has 4 rings (SSSR count). The molecule has 2 saturated carbocycles. The van der Waals surface area contributed by atoms with Gasteiger partial charge in [-0.05, 0) is 59.3 Å². The van der Waals surface area contributed by atoms with Crippen LogP contribution in [0.2, 0.25) is 0 Å². The van der Waals surface area contributed by atoms with E-state index in [0.717, 1.165) is 6.42 Å². The molecule has 21 heavy (non-hydrogen) atoms. The SMILES string of the molecule is CCCC1(c2ccc3ccccc3c2)CC2CC1CC2O. The van der Waals surface area contributed by atoms with Crippen LogP contribution >= 0.6 is 0 Å². The van der Waals surface area contributed by atoms with Crippen LogP contribution in [0.4, 0.5) is 0 Å². The molecule has 110 valence electrons. The minimum atomic E-state index is -0.0413. The summed E-state index contributed by atoms with van der Waals surface area (Å²) in [6.07, 6.45) is 5.88. The van der Waals surface area contributed by atoms with Gasteiger partial charge in [0.1, 0.15) is 0 Å². The highest BCUT2D eigenvalue weighted by atomic mass is 16.3. The lowest BCUT2D eigenvalue weighted by atomic mass is 9.65. The van der Waals surface area contributed by atoms with Gasteiger partial charge in [0.05, 0.1) is 6.10 Å². The average molecular weight is 280 g/mol. The monoisotopic (exact) mass is 280 g/mol. The lowest BCUT2D eigenvalue weighted by Crippen LogP contribution is -2.36. The molecule has 0 saturated heterocycles. The molecule has 1 nitrogen and oxygen atoms in total. The Balaban J connectivity index is 1.80. The Morgan fingerprint density at radius 3 is 2.57 bits per heavy atom. The van der Waals surface area contributed by atoms with Crippen molar-refractivity contribution in [1.82, 2.24) is 0 Å². The Bertz CT molecular complexity index is 660. The normalized spacial score (nSPS) is 34.7. The standard InChI is InChI=1S/C20H24O/c1-2-9-20(13-16-11-18(20)12-19(16)21)17-8-7-14-5-3-4-6-15(14)10-17/h3-8,10,16,18-19,21H,2,9,11-13H2,1H3. The number of aliphatic hydroxyl groups is 1. The molecule has 0 radical (unpaired) electrons. The van der Waals surface area contributed by atoms with Crippen LogP contribution in [0.25, 0.3) is 10.8 Å². The smallest absolute Gasteiger partial charge is 0.0571 e. The van der Waals surface area contributed by atoms with Gasteiger partial charge in [-0.25, -0.2) is 0 Å². The van der Waals surface area contributed by atoms with Gasteiger partial charge in [0.2, 0.25) is 0 Å². The molecule has 4 unspecified atom stereocenters. The van der Waals surface area contributed by atoms with E-state index >= 15 is 0 Å². The Hall–Kier alpha value is -1.34. The van der Waals surface area contributed by atoms with Gasteiger partial charge in [-0.1, -0.05) is 55.8 Å². The van der Waals surface area contributed by atoms with Crippen molar-refractivity contribution in [3.05, 3.63) is 48.0 Å². The fourth-order valence-corrected chi connectivity index (χ4v) is 5.16.